The summed E-state index contributed by atoms with van der Waals surface area (Å²) in [4.78, 5) is 25.4. The third kappa shape index (κ3) is 3.05. The summed E-state index contributed by atoms with van der Waals surface area (Å²) in [7, 11) is 0. The van der Waals surface area contributed by atoms with Gasteiger partial charge in [0.15, 0.2) is 0 Å². The van der Waals surface area contributed by atoms with Gasteiger partial charge in [0.05, 0.1) is 17.7 Å². The highest BCUT2D eigenvalue weighted by molar-refractivity contribution is 6.03. The van der Waals surface area contributed by atoms with Crippen molar-refractivity contribution in [3.8, 4) is 5.75 Å². The predicted molar refractivity (Wildman–Crippen MR) is 89.7 cm³/mol. The first-order valence-corrected chi connectivity index (χ1v) is 7.92. The first-order valence-electron chi connectivity index (χ1n) is 7.92. The highest BCUT2D eigenvalue weighted by Crippen LogP contribution is 2.28. The van der Waals surface area contributed by atoms with Gasteiger partial charge >= 0.3 is 0 Å². The Morgan fingerprint density at radius 2 is 1.96 bits per heavy atom. The van der Waals surface area contributed by atoms with Crippen LogP contribution in [0.3, 0.4) is 0 Å². The van der Waals surface area contributed by atoms with Crippen LogP contribution in [0.1, 0.15) is 23.7 Å². The number of aliphatic hydroxyl groups is 1. The van der Waals surface area contributed by atoms with Gasteiger partial charge in [0.1, 0.15) is 5.75 Å². The van der Waals surface area contributed by atoms with Gasteiger partial charge in [-0.25, -0.2) is 0 Å². The molecule has 0 bridgehead atoms. The van der Waals surface area contributed by atoms with E-state index in [2.05, 4.69) is 5.32 Å². The van der Waals surface area contributed by atoms with Crippen LogP contribution in [0, 0.1) is 0 Å². The van der Waals surface area contributed by atoms with E-state index in [1.807, 2.05) is 12.1 Å². The zero-order chi connectivity index (χ0) is 17.3. The Morgan fingerprint density at radius 1 is 1.21 bits per heavy atom. The summed E-state index contributed by atoms with van der Waals surface area (Å²) < 4.78 is 0. The fourth-order valence-electron chi connectivity index (χ4n) is 3.07. The van der Waals surface area contributed by atoms with Crippen molar-refractivity contribution in [3.63, 3.8) is 0 Å². The van der Waals surface area contributed by atoms with Crippen LogP contribution in [0.15, 0.2) is 36.4 Å². The minimum absolute atomic E-state index is 0.0683. The average Bonchev–Trinajstić information content (AvgIpc) is 2.57. The number of fused-ring (bicyclic) bond motifs is 1. The van der Waals surface area contributed by atoms with Crippen LogP contribution in [0.5, 0.6) is 5.75 Å². The second-order valence-corrected chi connectivity index (χ2v) is 6.08. The Bertz CT molecular complexity index is 790. The van der Waals surface area contributed by atoms with Crippen LogP contribution in [-0.2, 0) is 4.79 Å². The lowest BCUT2D eigenvalue weighted by Gasteiger charge is -2.35. The molecular formula is C18H20N2O4. The van der Waals surface area contributed by atoms with E-state index in [-0.39, 0.29) is 23.8 Å². The monoisotopic (exact) mass is 328 g/mol. The van der Waals surface area contributed by atoms with Gasteiger partial charge in [0.25, 0.3) is 5.91 Å². The van der Waals surface area contributed by atoms with Crippen molar-refractivity contribution in [1.29, 1.82) is 0 Å². The first kappa shape index (κ1) is 16.3. The number of rotatable bonds is 2. The van der Waals surface area contributed by atoms with E-state index in [9.17, 15) is 19.8 Å². The third-order valence-corrected chi connectivity index (χ3v) is 4.49. The van der Waals surface area contributed by atoms with Crippen molar-refractivity contribution < 1.29 is 19.8 Å². The molecule has 1 aliphatic heterocycles. The third-order valence-electron chi connectivity index (χ3n) is 4.49. The van der Waals surface area contributed by atoms with Gasteiger partial charge in [-0.15, -0.1) is 0 Å². The summed E-state index contributed by atoms with van der Waals surface area (Å²) in [6.07, 6.45) is -0.352. The van der Waals surface area contributed by atoms with Gasteiger partial charge in [-0.3, -0.25) is 9.59 Å². The van der Waals surface area contributed by atoms with Crippen LogP contribution < -0.4 is 5.32 Å². The lowest BCUT2D eigenvalue weighted by atomic mass is 10.00. The highest BCUT2D eigenvalue weighted by atomic mass is 16.3. The average molecular weight is 328 g/mol. The minimum Gasteiger partial charge on any atom is -0.506 e. The van der Waals surface area contributed by atoms with Crippen molar-refractivity contribution in [2.45, 2.75) is 25.5 Å². The number of hydrogen-bond donors (Lipinski definition) is 3. The number of hydrogen-bond acceptors (Lipinski definition) is 4. The van der Waals surface area contributed by atoms with E-state index in [1.165, 1.54) is 6.92 Å². The molecule has 0 radical (unpaired) electrons. The highest BCUT2D eigenvalue weighted by Gasteiger charge is 2.30. The summed E-state index contributed by atoms with van der Waals surface area (Å²) in [5.74, 6) is -0.592. The first-order chi connectivity index (χ1) is 11.5. The van der Waals surface area contributed by atoms with E-state index in [4.69, 9.17) is 0 Å². The molecule has 3 N–H and O–H groups in total. The number of benzene rings is 2. The molecule has 0 unspecified atom stereocenters. The van der Waals surface area contributed by atoms with Crippen molar-refractivity contribution in [2.75, 3.05) is 13.1 Å². The minimum atomic E-state index is -0.825. The van der Waals surface area contributed by atoms with Crippen LogP contribution in [0.25, 0.3) is 10.8 Å². The summed E-state index contributed by atoms with van der Waals surface area (Å²) >= 11 is 0. The molecule has 1 aliphatic rings. The van der Waals surface area contributed by atoms with Gasteiger partial charge in [-0.05, 0) is 17.9 Å². The molecule has 126 valence electrons. The van der Waals surface area contributed by atoms with E-state index in [0.717, 1.165) is 5.39 Å². The molecule has 2 aromatic rings. The molecule has 0 aliphatic carbocycles. The fraction of sp³-hybridized carbons (Fsp3) is 0.333. The number of amides is 2. The molecule has 6 heteroatoms. The molecule has 3 rings (SSSR count). The largest absolute Gasteiger partial charge is 0.506 e. The van der Waals surface area contributed by atoms with E-state index >= 15 is 0 Å². The maximum Gasteiger partial charge on any atom is 0.255 e. The maximum absolute atomic E-state index is 12.5. The van der Waals surface area contributed by atoms with E-state index in [0.29, 0.717) is 18.4 Å². The molecule has 0 aromatic heterocycles. The lowest BCUT2D eigenvalue weighted by Crippen LogP contribution is -2.55. The molecule has 2 amide bonds. The molecule has 1 fully saturated rings. The molecule has 2 atom stereocenters. The number of aromatic hydroxyl groups is 1. The summed E-state index contributed by atoms with van der Waals surface area (Å²) in [5.41, 5.74) is 0.176. The number of β-amino-alcohol motifs (C(OH)–C–C–N with tert-alkyl or cyclic N) is 1. The summed E-state index contributed by atoms with van der Waals surface area (Å²) in [6.45, 7) is 2.14. The van der Waals surface area contributed by atoms with Crippen LogP contribution in [0.2, 0.25) is 0 Å². The second-order valence-electron chi connectivity index (χ2n) is 6.08. The molecule has 2 aromatic carbocycles. The normalized spacial score (nSPS) is 20.8. The van der Waals surface area contributed by atoms with Gasteiger partial charge in [0, 0.05) is 25.4 Å². The SMILES string of the molecule is CC(=O)N1CC[C@@H](NC(=O)c2ccc3ccccc3c2O)[C@H](O)C1. The molecule has 1 saturated heterocycles. The molecule has 0 spiro atoms. The van der Waals surface area contributed by atoms with Crippen molar-refractivity contribution in [3.05, 3.63) is 42.0 Å². The Morgan fingerprint density at radius 3 is 2.67 bits per heavy atom. The second kappa shape index (κ2) is 6.49. The Kier molecular flexibility index (Phi) is 4.40. The maximum atomic E-state index is 12.5. The number of phenolic OH excluding ortho intramolecular Hbond substituents is 1. The number of nitrogens with zero attached hydrogens (tertiary/aromatic N) is 1. The zero-order valence-corrected chi connectivity index (χ0v) is 13.4. The molecule has 24 heavy (non-hydrogen) atoms. The fourth-order valence-corrected chi connectivity index (χ4v) is 3.07. The van der Waals surface area contributed by atoms with E-state index in [1.54, 1.807) is 29.2 Å². The molecular weight excluding hydrogens is 308 g/mol. The Labute approximate surface area is 139 Å². The smallest absolute Gasteiger partial charge is 0.255 e. The number of carbonyl (C=O) groups excluding carboxylic acids is 2. The molecule has 6 nitrogen and oxygen atoms in total. The van der Waals surface area contributed by atoms with Crippen molar-refractivity contribution in [1.82, 2.24) is 10.2 Å². The number of nitrogens with one attached hydrogen (secondary N) is 1. The van der Waals surface area contributed by atoms with Crippen LogP contribution in [0.4, 0.5) is 0 Å². The quantitative estimate of drug-likeness (QED) is 0.774. The van der Waals surface area contributed by atoms with Gasteiger partial charge in [0.2, 0.25) is 5.91 Å². The van der Waals surface area contributed by atoms with Gasteiger partial charge in [-0.2, -0.15) is 0 Å². The summed E-state index contributed by atoms with van der Waals surface area (Å²) in [5, 5.41) is 24.7. The predicted octanol–water partition coefficient (Wildman–Crippen LogP) is 1.26. The Balaban J connectivity index is 1.76. The van der Waals surface area contributed by atoms with Crippen molar-refractivity contribution >= 4 is 22.6 Å². The van der Waals surface area contributed by atoms with Crippen LogP contribution >= 0.6 is 0 Å². The number of piperidine rings is 1. The van der Waals surface area contributed by atoms with Gasteiger partial charge in [-0.1, -0.05) is 30.3 Å². The Hall–Kier alpha value is -2.60. The molecule has 1 heterocycles. The van der Waals surface area contributed by atoms with Gasteiger partial charge < -0.3 is 20.4 Å². The standard InChI is InChI=1S/C18H20N2O4/c1-11(21)20-9-8-15(16(22)10-20)19-18(24)14-7-6-12-4-2-3-5-13(12)17(14)23/h2-7,15-16,22-23H,8-10H2,1H3,(H,19,24)/t15-,16-/m1/s1. The molecule has 0 saturated carbocycles. The number of likely N-dealkylation sites (tertiary alicyclic amines) is 1. The number of phenols is 1. The topological polar surface area (TPSA) is 89.9 Å². The number of carbonyl (C=O) groups is 2. The lowest BCUT2D eigenvalue weighted by molar-refractivity contribution is -0.132. The van der Waals surface area contributed by atoms with Crippen LogP contribution in [-0.4, -0.2) is 52.2 Å². The zero-order valence-electron chi connectivity index (χ0n) is 13.4. The number of aliphatic hydroxyl groups excluding tert-OH is 1. The van der Waals surface area contributed by atoms with E-state index < -0.39 is 18.1 Å². The summed E-state index contributed by atoms with van der Waals surface area (Å²) in [6, 6.07) is 10.2. The van der Waals surface area contributed by atoms with Crippen molar-refractivity contribution in [2.24, 2.45) is 0 Å².